The van der Waals surface area contributed by atoms with Gasteiger partial charge in [0, 0.05) is 24.3 Å². The van der Waals surface area contributed by atoms with Crippen molar-refractivity contribution in [1.29, 1.82) is 0 Å². The average Bonchev–Trinajstić information content (AvgIpc) is 2.61. The fraction of sp³-hybridized carbons (Fsp3) is 0.368. The largest absolute Gasteiger partial charge is 0.508 e. The number of hydrogen-bond acceptors (Lipinski definition) is 4. The minimum absolute atomic E-state index is 0.0412. The topological polar surface area (TPSA) is 79.5 Å². The van der Waals surface area contributed by atoms with E-state index < -0.39 is 0 Å². The Morgan fingerprint density at radius 1 is 1.25 bits per heavy atom. The van der Waals surface area contributed by atoms with Gasteiger partial charge in [-0.05, 0) is 61.9 Å². The number of nitrogens with two attached hydrogens (primary N) is 1. The second kappa shape index (κ2) is 7.34. The van der Waals surface area contributed by atoms with Crippen molar-refractivity contribution in [3.05, 3.63) is 53.7 Å². The van der Waals surface area contributed by atoms with Gasteiger partial charge in [-0.3, -0.25) is 4.79 Å². The Balaban J connectivity index is 1.68. The molecular formula is C19H23N3O2. The molecule has 1 aliphatic rings. The number of anilines is 1. The van der Waals surface area contributed by atoms with Gasteiger partial charge >= 0.3 is 0 Å². The first-order valence-electron chi connectivity index (χ1n) is 8.44. The van der Waals surface area contributed by atoms with Crippen LogP contribution in [0.3, 0.4) is 0 Å². The number of aryl methyl sites for hydroxylation is 1. The van der Waals surface area contributed by atoms with Crippen molar-refractivity contribution in [2.24, 2.45) is 0 Å². The molecule has 1 atom stereocenters. The molecule has 0 aliphatic carbocycles. The van der Waals surface area contributed by atoms with Crippen LogP contribution in [0.25, 0.3) is 0 Å². The highest BCUT2D eigenvalue weighted by molar-refractivity contribution is 5.95. The molecule has 1 saturated heterocycles. The van der Waals surface area contributed by atoms with Crippen LogP contribution in [0.5, 0.6) is 5.75 Å². The van der Waals surface area contributed by atoms with E-state index in [4.69, 9.17) is 5.73 Å². The molecule has 2 aromatic rings. The second-order valence-corrected chi connectivity index (χ2v) is 6.32. The molecule has 0 saturated carbocycles. The van der Waals surface area contributed by atoms with E-state index in [1.807, 2.05) is 17.0 Å². The Morgan fingerprint density at radius 2 is 2.04 bits per heavy atom. The zero-order valence-corrected chi connectivity index (χ0v) is 13.7. The van der Waals surface area contributed by atoms with Crippen molar-refractivity contribution < 1.29 is 9.90 Å². The van der Waals surface area contributed by atoms with E-state index in [9.17, 15) is 9.90 Å². The van der Waals surface area contributed by atoms with E-state index in [0.717, 1.165) is 38.6 Å². The maximum atomic E-state index is 12.8. The lowest BCUT2D eigenvalue weighted by atomic mass is 9.95. The first-order chi connectivity index (χ1) is 11.6. The number of benzene rings is 1. The van der Waals surface area contributed by atoms with Crippen molar-refractivity contribution >= 4 is 11.7 Å². The first kappa shape index (κ1) is 16.3. The van der Waals surface area contributed by atoms with E-state index >= 15 is 0 Å². The summed E-state index contributed by atoms with van der Waals surface area (Å²) in [7, 11) is 0. The number of piperidine rings is 1. The lowest BCUT2D eigenvalue weighted by Crippen LogP contribution is -2.44. The number of hydrogen-bond donors (Lipinski definition) is 2. The van der Waals surface area contributed by atoms with Gasteiger partial charge in [-0.1, -0.05) is 12.1 Å². The van der Waals surface area contributed by atoms with Gasteiger partial charge in [-0.25, -0.2) is 4.98 Å². The molecule has 1 aliphatic heterocycles. The number of rotatable bonds is 4. The molecule has 0 spiro atoms. The van der Waals surface area contributed by atoms with Crippen LogP contribution < -0.4 is 5.73 Å². The Morgan fingerprint density at radius 3 is 2.79 bits per heavy atom. The van der Waals surface area contributed by atoms with Crippen LogP contribution in [0.1, 0.15) is 41.6 Å². The third-order valence-electron chi connectivity index (χ3n) is 4.62. The van der Waals surface area contributed by atoms with Crippen LogP contribution in [-0.4, -0.2) is 33.5 Å². The van der Waals surface area contributed by atoms with Gasteiger partial charge in [0.25, 0.3) is 5.91 Å². The van der Waals surface area contributed by atoms with Crippen LogP contribution in [0.4, 0.5) is 5.82 Å². The summed E-state index contributed by atoms with van der Waals surface area (Å²) in [6, 6.07) is 10.9. The zero-order chi connectivity index (χ0) is 16.9. The summed E-state index contributed by atoms with van der Waals surface area (Å²) in [4.78, 5) is 18.8. The number of carbonyl (C=O) groups excluding carboxylic acids is 1. The predicted octanol–water partition coefficient (Wildman–Crippen LogP) is 3.00. The Bertz CT molecular complexity index is 700. The maximum Gasteiger partial charge on any atom is 0.254 e. The summed E-state index contributed by atoms with van der Waals surface area (Å²) in [6.45, 7) is 0.793. The van der Waals surface area contributed by atoms with Crippen LogP contribution in [0.2, 0.25) is 0 Å². The van der Waals surface area contributed by atoms with Crippen LogP contribution >= 0.6 is 0 Å². The van der Waals surface area contributed by atoms with Crippen LogP contribution in [0, 0.1) is 0 Å². The summed E-state index contributed by atoms with van der Waals surface area (Å²) >= 11 is 0. The molecule has 5 nitrogen and oxygen atoms in total. The number of likely N-dealkylation sites (tertiary alicyclic amines) is 1. The standard InChI is InChI=1S/C19H23N3O2/c20-18-13-15(10-11-21-18)19(24)22-12-2-1-3-16(22)7-4-14-5-8-17(23)9-6-14/h5-6,8-11,13,16,23H,1-4,7,12H2,(H2,20,21)/t16-/m0/s1. The fourth-order valence-electron chi connectivity index (χ4n) is 3.31. The number of phenols is 1. The van der Waals surface area contributed by atoms with Gasteiger partial charge in [-0.2, -0.15) is 0 Å². The Labute approximate surface area is 142 Å². The Kier molecular flexibility index (Phi) is 4.99. The lowest BCUT2D eigenvalue weighted by molar-refractivity contribution is 0.0602. The summed E-state index contributed by atoms with van der Waals surface area (Å²) in [5, 5.41) is 9.37. The molecule has 5 heteroatoms. The zero-order valence-electron chi connectivity index (χ0n) is 13.7. The van der Waals surface area contributed by atoms with E-state index in [1.54, 1.807) is 30.5 Å². The van der Waals surface area contributed by atoms with Gasteiger partial charge in [-0.15, -0.1) is 0 Å². The van der Waals surface area contributed by atoms with Gasteiger partial charge in [0.15, 0.2) is 0 Å². The maximum absolute atomic E-state index is 12.8. The SMILES string of the molecule is Nc1cc(C(=O)N2CCCC[C@H]2CCc2ccc(O)cc2)ccn1. The molecular weight excluding hydrogens is 302 g/mol. The van der Waals surface area contributed by atoms with E-state index in [-0.39, 0.29) is 17.7 Å². The molecule has 1 aromatic heterocycles. The van der Waals surface area contributed by atoms with Gasteiger partial charge in [0.2, 0.25) is 0 Å². The third-order valence-corrected chi connectivity index (χ3v) is 4.62. The van der Waals surface area contributed by atoms with Gasteiger partial charge in [0.05, 0.1) is 0 Å². The number of nitrogens with zero attached hydrogens (tertiary/aromatic N) is 2. The molecule has 1 amide bonds. The molecule has 3 rings (SSSR count). The monoisotopic (exact) mass is 325 g/mol. The van der Waals surface area contributed by atoms with Crippen molar-refractivity contribution in [2.45, 2.75) is 38.1 Å². The number of carbonyl (C=O) groups is 1. The van der Waals surface area contributed by atoms with Crippen molar-refractivity contribution in [2.75, 3.05) is 12.3 Å². The number of aromatic nitrogens is 1. The normalized spacial score (nSPS) is 17.7. The van der Waals surface area contributed by atoms with E-state index in [1.165, 1.54) is 5.56 Å². The average molecular weight is 325 g/mol. The molecule has 0 unspecified atom stereocenters. The number of nitrogen functional groups attached to an aromatic ring is 1. The molecule has 1 aromatic carbocycles. The first-order valence-corrected chi connectivity index (χ1v) is 8.44. The third kappa shape index (κ3) is 3.85. The second-order valence-electron chi connectivity index (χ2n) is 6.32. The molecule has 1 fully saturated rings. The highest BCUT2D eigenvalue weighted by Crippen LogP contribution is 2.24. The number of phenolic OH excluding ortho intramolecular Hbond substituents is 1. The summed E-state index contributed by atoms with van der Waals surface area (Å²) in [6.07, 6.45) is 6.64. The quantitative estimate of drug-likeness (QED) is 0.905. The lowest BCUT2D eigenvalue weighted by Gasteiger charge is -2.36. The van der Waals surface area contributed by atoms with Crippen LogP contribution in [0.15, 0.2) is 42.6 Å². The van der Waals surface area contributed by atoms with Gasteiger partial charge < -0.3 is 15.7 Å². The summed E-state index contributed by atoms with van der Waals surface area (Å²) in [5.41, 5.74) is 7.49. The summed E-state index contributed by atoms with van der Waals surface area (Å²) < 4.78 is 0. The number of aromatic hydroxyl groups is 1. The molecule has 126 valence electrons. The molecule has 3 N–H and O–H groups in total. The molecule has 0 radical (unpaired) electrons. The highest BCUT2D eigenvalue weighted by atomic mass is 16.3. The highest BCUT2D eigenvalue weighted by Gasteiger charge is 2.27. The number of pyridine rings is 1. The van der Waals surface area contributed by atoms with Crippen LogP contribution in [-0.2, 0) is 6.42 Å². The van der Waals surface area contributed by atoms with E-state index in [2.05, 4.69) is 4.98 Å². The van der Waals surface area contributed by atoms with E-state index in [0.29, 0.717) is 11.4 Å². The summed E-state index contributed by atoms with van der Waals surface area (Å²) in [5.74, 6) is 0.696. The molecule has 2 heterocycles. The molecule has 0 bridgehead atoms. The predicted molar refractivity (Wildman–Crippen MR) is 93.8 cm³/mol. The molecule has 24 heavy (non-hydrogen) atoms. The Hall–Kier alpha value is -2.56. The van der Waals surface area contributed by atoms with Gasteiger partial charge in [0.1, 0.15) is 11.6 Å². The minimum atomic E-state index is 0.0412. The smallest absolute Gasteiger partial charge is 0.254 e. The minimum Gasteiger partial charge on any atom is -0.508 e. The van der Waals surface area contributed by atoms with Crippen molar-refractivity contribution in [3.63, 3.8) is 0 Å². The van der Waals surface area contributed by atoms with Crippen molar-refractivity contribution in [1.82, 2.24) is 9.88 Å². The van der Waals surface area contributed by atoms with Crippen molar-refractivity contribution in [3.8, 4) is 5.75 Å². The number of amides is 1. The fourth-order valence-corrected chi connectivity index (χ4v) is 3.31.